The molecule has 0 aromatic heterocycles. The van der Waals surface area contributed by atoms with E-state index in [2.05, 4.69) is 36.9 Å². The second-order valence-corrected chi connectivity index (χ2v) is 6.71. The minimum atomic E-state index is -0.529. The normalized spacial score (nSPS) is 11.2. The van der Waals surface area contributed by atoms with Crippen molar-refractivity contribution in [3.05, 3.63) is 63.6 Å². The second-order valence-electron chi connectivity index (χ2n) is 5.79. The zero-order valence-corrected chi connectivity index (χ0v) is 16.7. The van der Waals surface area contributed by atoms with Gasteiger partial charge in [-0.15, -0.1) is 0 Å². The number of rotatable bonds is 6. The maximum Gasteiger partial charge on any atom is 0.243 e. The van der Waals surface area contributed by atoms with E-state index in [1.807, 2.05) is 32.0 Å². The van der Waals surface area contributed by atoms with E-state index < -0.39 is 11.6 Å². The van der Waals surface area contributed by atoms with E-state index in [9.17, 15) is 13.6 Å². The van der Waals surface area contributed by atoms with E-state index in [1.165, 1.54) is 0 Å². The van der Waals surface area contributed by atoms with Crippen LogP contribution in [0.1, 0.15) is 18.1 Å². The number of benzene rings is 2. The first kappa shape index (κ1) is 20.8. The smallest absolute Gasteiger partial charge is 0.243 e. The molecule has 0 spiro atoms. The Kier molecular flexibility index (Phi) is 7.72. The molecule has 5 nitrogen and oxygen atoms in total. The molecule has 0 aliphatic rings. The summed E-state index contributed by atoms with van der Waals surface area (Å²) in [6.45, 7) is 4.25. The number of nitrogens with one attached hydrogen (secondary N) is 3. The van der Waals surface area contributed by atoms with E-state index in [-0.39, 0.29) is 24.6 Å². The molecule has 3 N–H and O–H groups in total. The maximum atomic E-state index is 13.7. The lowest BCUT2D eigenvalue weighted by Crippen LogP contribution is -2.41. The minimum absolute atomic E-state index is 0.0244. The van der Waals surface area contributed by atoms with Crippen LogP contribution in [0.5, 0.6) is 0 Å². The summed E-state index contributed by atoms with van der Waals surface area (Å²) in [6, 6.07) is 8.83. The molecule has 27 heavy (non-hydrogen) atoms. The molecule has 0 atom stereocenters. The van der Waals surface area contributed by atoms with Crippen LogP contribution in [0, 0.1) is 18.6 Å². The number of amides is 1. The summed E-state index contributed by atoms with van der Waals surface area (Å²) in [4.78, 5) is 16.4. The van der Waals surface area contributed by atoms with Gasteiger partial charge in [-0.1, -0.05) is 22.0 Å². The molecule has 1 amide bonds. The number of halogens is 3. The van der Waals surface area contributed by atoms with Gasteiger partial charge in [-0.05, 0) is 49.7 Å². The zero-order chi connectivity index (χ0) is 19.8. The molecule has 0 heterocycles. The van der Waals surface area contributed by atoms with Gasteiger partial charge in [0.05, 0.1) is 13.1 Å². The lowest BCUT2D eigenvalue weighted by atomic mass is 10.2. The van der Waals surface area contributed by atoms with Crippen LogP contribution in [0.4, 0.5) is 14.5 Å². The molecule has 2 aromatic carbocycles. The summed E-state index contributed by atoms with van der Waals surface area (Å²) in [6.07, 6.45) is 0. The SMILES string of the molecule is CCNC(=NCc1cc(F)ccc1F)NCC(=O)Nc1cc(Br)ccc1C. The molecule has 0 aliphatic heterocycles. The van der Waals surface area contributed by atoms with Gasteiger partial charge < -0.3 is 16.0 Å². The first-order valence-corrected chi connectivity index (χ1v) is 9.20. The summed E-state index contributed by atoms with van der Waals surface area (Å²) >= 11 is 3.37. The Morgan fingerprint density at radius 3 is 2.67 bits per heavy atom. The molecule has 2 aromatic rings. The third-order valence-electron chi connectivity index (χ3n) is 3.65. The average molecular weight is 439 g/mol. The minimum Gasteiger partial charge on any atom is -0.357 e. The molecule has 0 saturated carbocycles. The highest BCUT2D eigenvalue weighted by Crippen LogP contribution is 2.20. The Balaban J connectivity index is 1.97. The number of anilines is 1. The number of nitrogens with zero attached hydrogens (tertiary/aromatic N) is 1. The summed E-state index contributed by atoms with van der Waals surface area (Å²) in [5.74, 6) is -0.969. The Hall–Kier alpha value is -2.48. The first-order valence-electron chi connectivity index (χ1n) is 8.41. The van der Waals surface area contributed by atoms with Crippen LogP contribution in [0.25, 0.3) is 0 Å². The fourth-order valence-electron chi connectivity index (χ4n) is 2.26. The zero-order valence-electron chi connectivity index (χ0n) is 15.1. The quantitative estimate of drug-likeness (QED) is 0.475. The van der Waals surface area contributed by atoms with Crippen molar-refractivity contribution in [1.82, 2.24) is 10.6 Å². The molecular weight excluding hydrogens is 418 g/mol. The van der Waals surface area contributed by atoms with Crippen molar-refractivity contribution in [3.8, 4) is 0 Å². The van der Waals surface area contributed by atoms with Crippen LogP contribution >= 0.6 is 15.9 Å². The highest BCUT2D eigenvalue weighted by molar-refractivity contribution is 9.10. The highest BCUT2D eigenvalue weighted by Gasteiger charge is 2.08. The van der Waals surface area contributed by atoms with Crippen molar-refractivity contribution in [2.24, 2.45) is 4.99 Å². The summed E-state index contributed by atoms with van der Waals surface area (Å²) in [7, 11) is 0. The van der Waals surface area contributed by atoms with Crippen molar-refractivity contribution in [3.63, 3.8) is 0 Å². The Morgan fingerprint density at radius 1 is 1.15 bits per heavy atom. The van der Waals surface area contributed by atoms with Crippen molar-refractivity contribution in [1.29, 1.82) is 0 Å². The number of hydrogen-bond acceptors (Lipinski definition) is 2. The molecule has 0 bridgehead atoms. The van der Waals surface area contributed by atoms with E-state index in [4.69, 9.17) is 0 Å². The van der Waals surface area contributed by atoms with Gasteiger partial charge >= 0.3 is 0 Å². The third kappa shape index (κ3) is 6.63. The van der Waals surface area contributed by atoms with E-state index in [1.54, 1.807) is 0 Å². The number of hydrogen-bond donors (Lipinski definition) is 3. The molecule has 8 heteroatoms. The van der Waals surface area contributed by atoms with Crippen LogP contribution < -0.4 is 16.0 Å². The highest BCUT2D eigenvalue weighted by atomic mass is 79.9. The van der Waals surface area contributed by atoms with Crippen molar-refractivity contribution in [2.75, 3.05) is 18.4 Å². The first-order chi connectivity index (χ1) is 12.9. The van der Waals surface area contributed by atoms with Gasteiger partial charge in [-0.25, -0.2) is 13.8 Å². The van der Waals surface area contributed by atoms with Crippen LogP contribution in [0.2, 0.25) is 0 Å². The fraction of sp³-hybridized carbons (Fsp3) is 0.263. The molecular formula is C19H21BrF2N4O. The number of aliphatic imine (C=N–C) groups is 1. The van der Waals surface area contributed by atoms with Crippen molar-refractivity contribution >= 4 is 33.5 Å². The molecule has 0 unspecified atom stereocenters. The standard InChI is InChI=1S/C19H21BrF2N4O/c1-3-23-19(24-10-13-8-15(21)6-7-16(13)22)25-11-18(27)26-17-9-14(20)5-4-12(17)2/h4-9H,3,10-11H2,1-2H3,(H,26,27)(H2,23,24,25). The summed E-state index contributed by atoms with van der Waals surface area (Å²) in [5.41, 5.74) is 1.79. The number of carbonyl (C=O) groups excluding carboxylic acids is 1. The Morgan fingerprint density at radius 2 is 1.93 bits per heavy atom. The predicted octanol–water partition coefficient (Wildman–Crippen LogP) is 3.73. The monoisotopic (exact) mass is 438 g/mol. The van der Waals surface area contributed by atoms with Gasteiger partial charge in [0.2, 0.25) is 5.91 Å². The van der Waals surface area contributed by atoms with Crippen LogP contribution in [-0.4, -0.2) is 25.0 Å². The van der Waals surface area contributed by atoms with E-state index in [0.29, 0.717) is 18.2 Å². The Labute approximate surface area is 165 Å². The van der Waals surface area contributed by atoms with Gasteiger partial charge in [0, 0.05) is 22.3 Å². The van der Waals surface area contributed by atoms with Gasteiger partial charge in [0.1, 0.15) is 11.6 Å². The van der Waals surface area contributed by atoms with Crippen LogP contribution in [-0.2, 0) is 11.3 Å². The average Bonchev–Trinajstić information content (AvgIpc) is 2.63. The van der Waals surface area contributed by atoms with Crippen molar-refractivity contribution < 1.29 is 13.6 Å². The van der Waals surface area contributed by atoms with Crippen molar-refractivity contribution in [2.45, 2.75) is 20.4 Å². The van der Waals surface area contributed by atoms with Crippen LogP contribution in [0.3, 0.4) is 0 Å². The second kappa shape index (κ2) is 10.0. The molecule has 0 saturated heterocycles. The molecule has 0 radical (unpaired) electrons. The predicted molar refractivity (Wildman–Crippen MR) is 107 cm³/mol. The van der Waals surface area contributed by atoms with E-state index in [0.717, 1.165) is 28.2 Å². The lowest BCUT2D eigenvalue weighted by Gasteiger charge is -2.13. The summed E-state index contributed by atoms with van der Waals surface area (Å²) < 4.78 is 27.8. The van der Waals surface area contributed by atoms with Gasteiger partial charge in [0.15, 0.2) is 5.96 Å². The number of aryl methyl sites for hydroxylation is 1. The summed E-state index contributed by atoms with van der Waals surface area (Å²) in [5, 5.41) is 8.65. The number of guanidine groups is 1. The number of carbonyl (C=O) groups is 1. The molecule has 144 valence electrons. The van der Waals surface area contributed by atoms with Gasteiger partial charge in [0.25, 0.3) is 0 Å². The molecule has 2 rings (SSSR count). The van der Waals surface area contributed by atoms with Crippen LogP contribution in [0.15, 0.2) is 45.9 Å². The molecule has 0 aliphatic carbocycles. The Bertz CT molecular complexity index is 842. The third-order valence-corrected chi connectivity index (χ3v) is 4.14. The fourth-order valence-corrected chi connectivity index (χ4v) is 2.62. The topological polar surface area (TPSA) is 65.5 Å². The van der Waals surface area contributed by atoms with Gasteiger partial charge in [-0.3, -0.25) is 4.79 Å². The maximum absolute atomic E-state index is 13.7. The van der Waals surface area contributed by atoms with E-state index >= 15 is 0 Å². The largest absolute Gasteiger partial charge is 0.357 e. The lowest BCUT2D eigenvalue weighted by molar-refractivity contribution is -0.115. The molecule has 0 fully saturated rings. The van der Waals surface area contributed by atoms with Gasteiger partial charge in [-0.2, -0.15) is 0 Å².